The Labute approximate surface area is 179 Å². The summed E-state index contributed by atoms with van der Waals surface area (Å²) in [5.74, 6) is 1.06. The molecule has 6 nitrogen and oxygen atoms in total. The number of anilines is 1. The SMILES string of the molecule is COc1ccc(N2C(=O)c3c(c4ccccc4n3C)[C@H]2c2ccc(OC)c(O)c2)cc1. The molecule has 5 rings (SSSR count). The van der Waals surface area contributed by atoms with E-state index in [-0.39, 0.29) is 17.7 Å². The topological polar surface area (TPSA) is 63.9 Å². The summed E-state index contributed by atoms with van der Waals surface area (Å²) in [6.45, 7) is 0. The summed E-state index contributed by atoms with van der Waals surface area (Å²) < 4.78 is 12.4. The highest BCUT2D eigenvalue weighted by Gasteiger charge is 2.43. The molecule has 0 saturated carbocycles. The van der Waals surface area contributed by atoms with Gasteiger partial charge in [0.2, 0.25) is 0 Å². The van der Waals surface area contributed by atoms with Crippen molar-refractivity contribution in [3.8, 4) is 17.2 Å². The molecule has 1 N–H and O–H groups in total. The molecule has 2 heterocycles. The zero-order valence-corrected chi connectivity index (χ0v) is 17.5. The molecule has 0 fully saturated rings. The summed E-state index contributed by atoms with van der Waals surface area (Å²) in [6.07, 6.45) is 0. The number of ether oxygens (including phenoxy) is 2. The average molecular weight is 414 g/mol. The van der Waals surface area contributed by atoms with Crippen LogP contribution in [0.15, 0.2) is 66.7 Å². The van der Waals surface area contributed by atoms with Crippen molar-refractivity contribution in [1.29, 1.82) is 0 Å². The van der Waals surface area contributed by atoms with E-state index in [2.05, 4.69) is 0 Å². The molecule has 0 unspecified atom stereocenters. The first kappa shape index (κ1) is 19.1. The molecule has 6 heteroatoms. The van der Waals surface area contributed by atoms with Gasteiger partial charge in [-0.15, -0.1) is 0 Å². The molecule has 0 aliphatic carbocycles. The van der Waals surface area contributed by atoms with Crippen molar-refractivity contribution >= 4 is 22.5 Å². The first-order valence-corrected chi connectivity index (χ1v) is 9.97. The largest absolute Gasteiger partial charge is 0.504 e. The van der Waals surface area contributed by atoms with Crippen LogP contribution in [0.3, 0.4) is 0 Å². The summed E-state index contributed by atoms with van der Waals surface area (Å²) in [7, 11) is 5.04. The van der Waals surface area contributed by atoms with Gasteiger partial charge in [0.05, 0.1) is 20.3 Å². The van der Waals surface area contributed by atoms with Crippen molar-refractivity contribution in [1.82, 2.24) is 4.57 Å². The quantitative estimate of drug-likeness (QED) is 0.528. The van der Waals surface area contributed by atoms with Gasteiger partial charge in [-0.2, -0.15) is 0 Å². The molecule has 0 radical (unpaired) electrons. The summed E-state index contributed by atoms with van der Waals surface area (Å²) in [5.41, 5.74) is 4.14. The fraction of sp³-hybridized carbons (Fsp3) is 0.160. The minimum Gasteiger partial charge on any atom is -0.504 e. The van der Waals surface area contributed by atoms with Crippen molar-refractivity contribution in [2.45, 2.75) is 6.04 Å². The second-order valence-electron chi connectivity index (χ2n) is 7.55. The summed E-state index contributed by atoms with van der Waals surface area (Å²) in [5, 5.41) is 11.5. The summed E-state index contributed by atoms with van der Waals surface area (Å²) >= 11 is 0. The zero-order chi connectivity index (χ0) is 21.7. The van der Waals surface area contributed by atoms with E-state index in [1.54, 1.807) is 24.1 Å². The van der Waals surface area contributed by atoms with Crippen molar-refractivity contribution < 1.29 is 19.4 Å². The Morgan fingerprint density at radius 1 is 0.935 bits per heavy atom. The third-order valence-corrected chi connectivity index (χ3v) is 5.97. The standard InChI is InChI=1S/C25H22N2O4/c1-26-19-7-5-4-6-18(19)22-23(15-8-13-21(31-3)20(28)14-15)27(25(29)24(22)26)16-9-11-17(30-2)12-10-16/h4-14,23,28H,1-3H3/t23-/m1/s1. The maximum absolute atomic E-state index is 13.7. The lowest BCUT2D eigenvalue weighted by Gasteiger charge is -2.27. The minimum absolute atomic E-state index is 0.0378. The van der Waals surface area contributed by atoms with E-state index in [1.165, 1.54) is 7.11 Å². The molecule has 0 saturated heterocycles. The van der Waals surface area contributed by atoms with Gasteiger partial charge in [-0.3, -0.25) is 9.69 Å². The van der Waals surface area contributed by atoms with Gasteiger partial charge in [-0.1, -0.05) is 24.3 Å². The predicted octanol–water partition coefficient (Wildman–Crippen LogP) is 4.65. The number of rotatable bonds is 4. The van der Waals surface area contributed by atoms with Gasteiger partial charge in [0.15, 0.2) is 11.5 Å². The number of hydrogen-bond acceptors (Lipinski definition) is 4. The van der Waals surface area contributed by atoms with Gasteiger partial charge < -0.3 is 19.1 Å². The zero-order valence-electron chi connectivity index (χ0n) is 17.5. The first-order valence-electron chi connectivity index (χ1n) is 9.97. The van der Waals surface area contributed by atoms with Crippen LogP contribution in [0.5, 0.6) is 17.2 Å². The molecule has 1 amide bonds. The number of nitrogens with zero attached hydrogens (tertiary/aromatic N) is 2. The fourth-order valence-corrected chi connectivity index (χ4v) is 4.52. The normalized spacial score (nSPS) is 15.4. The van der Waals surface area contributed by atoms with Crippen LogP contribution < -0.4 is 14.4 Å². The second kappa shape index (κ2) is 7.09. The van der Waals surface area contributed by atoms with Gasteiger partial charge in [-0.05, 0) is 48.0 Å². The van der Waals surface area contributed by atoms with Crippen molar-refractivity contribution in [3.05, 3.63) is 83.6 Å². The highest BCUT2D eigenvalue weighted by Crippen LogP contribution is 2.47. The average Bonchev–Trinajstić information content (AvgIpc) is 3.26. The van der Waals surface area contributed by atoms with Gasteiger partial charge in [0.1, 0.15) is 11.4 Å². The molecule has 31 heavy (non-hydrogen) atoms. The Kier molecular flexibility index (Phi) is 4.36. The van der Waals surface area contributed by atoms with E-state index in [1.807, 2.05) is 66.2 Å². The smallest absolute Gasteiger partial charge is 0.276 e. The number of aromatic nitrogens is 1. The minimum atomic E-state index is -0.390. The third kappa shape index (κ3) is 2.75. The molecule has 1 aliphatic rings. The number of methoxy groups -OCH3 is 2. The number of amides is 1. The monoisotopic (exact) mass is 414 g/mol. The predicted molar refractivity (Wildman–Crippen MR) is 119 cm³/mol. The van der Waals surface area contributed by atoms with Crippen molar-refractivity contribution in [3.63, 3.8) is 0 Å². The van der Waals surface area contributed by atoms with Gasteiger partial charge in [-0.25, -0.2) is 0 Å². The number of fused-ring (bicyclic) bond motifs is 3. The lowest BCUT2D eigenvalue weighted by molar-refractivity contribution is 0.0986. The van der Waals surface area contributed by atoms with Gasteiger partial charge in [0.25, 0.3) is 5.91 Å². The molecule has 0 bridgehead atoms. The lowest BCUT2D eigenvalue weighted by Crippen LogP contribution is -2.29. The highest BCUT2D eigenvalue weighted by atomic mass is 16.5. The molecular weight excluding hydrogens is 392 g/mol. The lowest BCUT2D eigenvalue weighted by atomic mass is 9.97. The number of benzene rings is 3. The number of carbonyl (C=O) groups excluding carboxylic acids is 1. The first-order chi connectivity index (χ1) is 15.0. The maximum atomic E-state index is 13.7. The van der Waals surface area contributed by atoms with E-state index in [0.29, 0.717) is 11.4 Å². The van der Waals surface area contributed by atoms with Crippen LogP contribution in [0, 0.1) is 0 Å². The number of phenolic OH excluding ortho intramolecular Hbond substituents is 1. The van der Waals surface area contributed by atoms with Gasteiger partial charge in [0, 0.05) is 29.2 Å². The van der Waals surface area contributed by atoms with Gasteiger partial charge >= 0.3 is 0 Å². The Bertz CT molecular complexity index is 1310. The number of hydrogen-bond donors (Lipinski definition) is 1. The summed E-state index contributed by atoms with van der Waals surface area (Å²) in [4.78, 5) is 15.5. The number of para-hydroxylation sites is 1. The highest BCUT2D eigenvalue weighted by molar-refractivity contribution is 6.15. The second-order valence-corrected chi connectivity index (χ2v) is 7.55. The Morgan fingerprint density at radius 3 is 2.35 bits per heavy atom. The summed E-state index contributed by atoms with van der Waals surface area (Å²) in [6, 6.07) is 20.3. The Hall–Kier alpha value is -3.93. The number of carbonyl (C=O) groups is 1. The molecule has 3 aromatic carbocycles. The van der Waals surface area contributed by atoms with Crippen LogP contribution in [0.4, 0.5) is 5.69 Å². The molecule has 4 aromatic rings. The van der Waals surface area contributed by atoms with Crippen LogP contribution in [-0.2, 0) is 7.05 Å². The van der Waals surface area contributed by atoms with Crippen LogP contribution >= 0.6 is 0 Å². The number of phenols is 1. The van der Waals surface area contributed by atoms with E-state index in [9.17, 15) is 9.90 Å². The molecule has 0 spiro atoms. The Balaban J connectivity index is 1.76. The van der Waals surface area contributed by atoms with E-state index >= 15 is 0 Å². The Morgan fingerprint density at radius 2 is 1.68 bits per heavy atom. The van der Waals surface area contributed by atoms with Crippen LogP contribution in [-0.4, -0.2) is 29.8 Å². The fourth-order valence-electron chi connectivity index (χ4n) is 4.52. The number of aromatic hydroxyl groups is 1. The molecular formula is C25H22N2O4. The van der Waals surface area contributed by atoms with Crippen molar-refractivity contribution in [2.24, 2.45) is 7.05 Å². The molecule has 156 valence electrons. The van der Waals surface area contributed by atoms with Crippen LogP contribution in [0.1, 0.15) is 27.7 Å². The van der Waals surface area contributed by atoms with E-state index < -0.39 is 0 Å². The van der Waals surface area contributed by atoms with Crippen molar-refractivity contribution in [2.75, 3.05) is 19.1 Å². The third-order valence-electron chi connectivity index (χ3n) is 5.97. The van der Waals surface area contributed by atoms with Crippen LogP contribution in [0.2, 0.25) is 0 Å². The molecule has 1 aliphatic heterocycles. The molecule has 1 aromatic heterocycles. The maximum Gasteiger partial charge on any atom is 0.276 e. The molecule has 1 atom stereocenters. The van der Waals surface area contributed by atoms with E-state index in [0.717, 1.165) is 33.5 Å². The number of aryl methyl sites for hydroxylation is 1. The van der Waals surface area contributed by atoms with Crippen LogP contribution in [0.25, 0.3) is 10.9 Å². The van der Waals surface area contributed by atoms with E-state index in [4.69, 9.17) is 9.47 Å².